The summed E-state index contributed by atoms with van der Waals surface area (Å²) in [6.45, 7) is 2.49. The minimum Gasteiger partial charge on any atom is -0.488 e. The van der Waals surface area contributed by atoms with Crippen LogP contribution in [-0.2, 0) is 11.3 Å². The molecule has 2 aliphatic rings. The van der Waals surface area contributed by atoms with E-state index in [9.17, 15) is 18.4 Å². The predicted molar refractivity (Wildman–Crippen MR) is 81.2 cm³/mol. The Balaban J connectivity index is 2.05. The van der Waals surface area contributed by atoms with Crippen LogP contribution in [0.5, 0.6) is 5.75 Å². The highest BCUT2D eigenvalue weighted by Crippen LogP contribution is 2.50. The lowest BCUT2D eigenvalue weighted by Crippen LogP contribution is -2.23. The van der Waals surface area contributed by atoms with Gasteiger partial charge in [-0.3, -0.25) is 4.79 Å². The average molecular weight is 335 g/mol. The van der Waals surface area contributed by atoms with Crippen molar-refractivity contribution in [1.29, 1.82) is 0 Å². The lowest BCUT2D eigenvalue weighted by atomic mass is 10.1. The molecule has 2 aromatic rings. The van der Waals surface area contributed by atoms with Gasteiger partial charge in [-0.25, -0.2) is 9.18 Å². The fourth-order valence-corrected chi connectivity index (χ4v) is 3.20. The number of carbonyl (C=O) groups is 1. The second-order valence-electron chi connectivity index (χ2n) is 6.41. The van der Waals surface area contributed by atoms with Gasteiger partial charge in [-0.15, -0.1) is 0 Å². The molecule has 126 valence electrons. The SMILES string of the molecule is CCOC(=O)c1cn2c3c(c(F)c(F)cc3c1=O)OCC1(CC1)C2. The van der Waals surface area contributed by atoms with E-state index in [0.717, 1.165) is 18.9 Å². The number of ether oxygens (including phenoxy) is 2. The molecular formula is C17H15F2NO4. The monoisotopic (exact) mass is 335 g/mol. The number of esters is 1. The molecule has 0 amide bonds. The normalized spacial score (nSPS) is 17.5. The summed E-state index contributed by atoms with van der Waals surface area (Å²) in [5, 5.41) is -0.0767. The van der Waals surface area contributed by atoms with E-state index in [4.69, 9.17) is 9.47 Å². The third kappa shape index (κ3) is 2.11. The Bertz CT molecular complexity index is 931. The van der Waals surface area contributed by atoms with Crippen molar-refractivity contribution in [2.45, 2.75) is 26.3 Å². The Hall–Kier alpha value is -2.44. The molecule has 0 N–H and O–H groups in total. The van der Waals surface area contributed by atoms with E-state index in [2.05, 4.69) is 0 Å². The molecule has 1 fully saturated rings. The van der Waals surface area contributed by atoms with Gasteiger partial charge >= 0.3 is 5.97 Å². The fourth-order valence-electron chi connectivity index (χ4n) is 3.20. The first-order valence-corrected chi connectivity index (χ1v) is 7.81. The van der Waals surface area contributed by atoms with Crippen molar-refractivity contribution >= 4 is 16.9 Å². The Morgan fingerprint density at radius 1 is 1.42 bits per heavy atom. The Morgan fingerprint density at radius 3 is 2.83 bits per heavy atom. The van der Waals surface area contributed by atoms with E-state index < -0.39 is 23.0 Å². The Kier molecular flexibility index (Phi) is 3.16. The van der Waals surface area contributed by atoms with Crippen molar-refractivity contribution in [3.05, 3.63) is 39.7 Å². The van der Waals surface area contributed by atoms with Gasteiger partial charge in [0.15, 0.2) is 11.6 Å². The van der Waals surface area contributed by atoms with E-state index in [1.165, 1.54) is 6.20 Å². The predicted octanol–water partition coefficient (Wildman–Crippen LogP) is 2.63. The number of hydrogen-bond acceptors (Lipinski definition) is 4. The number of nitrogens with zero attached hydrogens (tertiary/aromatic N) is 1. The van der Waals surface area contributed by atoms with E-state index in [0.29, 0.717) is 6.54 Å². The number of aromatic nitrogens is 1. The largest absolute Gasteiger partial charge is 0.488 e. The molecular weight excluding hydrogens is 320 g/mol. The van der Waals surface area contributed by atoms with E-state index in [1.54, 1.807) is 11.5 Å². The maximum atomic E-state index is 14.2. The molecule has 5 nitrogen and oxygen atoms in total. The Labute approximate surface area is 135 Å². The third-order valence-electron chi connectivity index (χ3n) is 4.69. The quantitative estimate of drug-likeness (QED) is 0.792. The van der Waals surface area contributed by atoms with Crippen LogP contribution in [0.2, 0.25) is 0 Å². The van der Waals surface area contributed by atoms with Gasteiger partial charge in [0.25, 0.3) is 0 Å². The van der Waals surface area contributed by atoms with Gasteiger partial charge < -0.3 is 14.0 Å². The molecule has 1 spiro atoms. The summed E-state index contributed by atoms with van der Waals surface area (Å²) in [6, 6.07) is 0.823. The van der Waals surface area contributed by atoms with Crippen LogP contribution < -0.4 is 10.2 Å². The van der Waals surface area contributed by atoms with Crippen LogP contribution >= 0.6 is 0 Å². The number of hydrogen-bond donors (Lipinski definition) is 0. The fraction of sp³-hybridized carbons (Fsp3) is 0.412. The van der Waals surface area contributed by atoms with Crippen LogP contribution in [0, 0.1) is 17.0 Å². The summed E-state index contributed by atoms with van der Waals surface area (Å²) in [5.74, 6) is -3.32. The van der Waals surface area contributed by atoms with Crippen molar-refractivity contribution in [2.24, 2.45) is 5.41 Å². The molecule has 1 aliphatic carbocycles. The zero-order chi connectivity index (χ0) is 17.1. The summed E-state index contributed by atoms with van der Waals surface area (Å²) in [4.78, 5) is 24.6. The Morgan fingerprint density at radius 2 is 2.17 bits per heavy atom. The molecule has 0 bridgehead atoms. The summed E-state index contributed by atoms with van der Waals surface area (Å²) < 4.78 is 40.2. The van der Waals surface area contributed by atoms with Crippen LogP contribution in [-0.4, -0.2) is 23.8 Å². The molecule has 1 aliphatic heterocycles. The molecule has 4 rings (SSSR count). The number of benzene rings is 1. The summed E-state index contributed by atoms with van der Waals surface area (Å²) >= 11 is 0. The molecule has 0 atom stereocenters. The standard InChI is InChI=1S/C17H15F2NO4/c1-2-23-16(22)10-6-20-7-17(3-4-17)8-24-15-12(19)11(18)5-9(13(15)20)14(10)21/h5-6H,2-4,7-8H2,1H3. The summed E-state index contributed by atoms with van der Waals surface area (Å²) in [5.41, 5.74) is -0.833. The van der Waals surface area contributed by atoms with Gasteiger partial charge in [0, 0.05) is 18.2 Å². The number of pyridine rings is 1. The van der Waals surface area contributed by atoms with Gasteiger partial charge in [0.05, 0.1) is 24.1 Å². The molecule has 1 aromatic carbocycles. The van der Waals surface area contributed by atoms with Gasteiger partial charge in [-0.1, -0.05) is 0 Å². The number of carbonyl (C=O) groups excluding carboxylic acids is 1. The van der Waals surface area contributed by atoms with Crippen molar-refractivity contribution < 1.29 is 23.0 Å². The van der Waals surface area contributed by atoms with Crippen LogP contribution in [0.3, 0.4) is 0 Å². The van der Waals surface area contributed by atoms with Crippen LogP contribution in [0.1, 0.15) is 30.1 Å². The maximum Gasteiger partial charge on any atom is 0.343 e. The highest BCUT2D eigenvalue weighted by Gasteiger charge is 2.46. The van der Waals surface area contributed by atoms with E-state index in [-0.39, 0.29) is 40.8 Å². The smallest absolute Gasteiger partial charge is 0.343 e. The average Bonchev–Trinajstić information content (AvgIpc) is 3.33. The molecule has 1 aromatic heterocycles. The lowest BCUT2D eigenvalue weighted by Gasteiger charge is -2.15. The highest BCUT2D eigenvalue weighted by atomic mass is 19.2. The number of rotatable bonds is 2. The van der Waals surface area contributed by atoms with Gasteiger partial charge in [-0.2, -0.15) is 4.39 Å². The molecule has 0 unspecified atom stereocenters. The van der Waals surface area contributed by atoms with E-state index in [1.807, 2.05) is 0 Å². The van der Waals surface area contributed by atoms with Crippen LogP contribution in [0.25, 0.3) is 10.9 Å². The topological polar surface area (TPSA) is 57.5 Å². The van der Waals surface area contributed by atoms with Crippen LogP contribution in [0.15, 0.2) is 17.1 Å². The zero-order valence-electron chi connectivity index (χ0n) is 13.0. The molecule has 0 saturated heterocycles. The molecule has 1 saturated carbocycles. The molecule has 2 heterocycles. The van der Waals surface area contributed by atoms with E-state index >= 15 is 0 Å². The van der Waals surface area contributed by atoms with Gasteiger partial charge in [0.2, 0.25) is 11.2 Å². The molecule has 7 heteroatoms. The minimum atomic E-state index is -1.17. The zero-order valence-corrected chi connectivity index (χ0v) is 13.0. The van der Waals surface area contributed by atoms with Gasteiger partial charge in [-0.05, 0) is 25.8 Å². The second kappa shape index (κ2) is 5.03. The first kappa shape index (κ1) is 15.1. The second-order valence-corrected chi connectivity index (χ2v) is 6.41. The van der Waals surface area contributed by atoms with Crippen molar-refractivity contribution in [2.75, 3.05) is 13.2 Å². The summed E-state index contributed by atoms with van der Waals surface area (Å²) in [7, 11) is 0. The van der Waals surface area contributed by atoms with Crippen molar-refractivity contribution in [3.63, 3.8) is 0 Å². The highest BCUT2D eigenvalue weighted by molar-refractivity contribution is 5.95. The lowest BCUT2D eigenvalue weighted by molar-refractivity contribution is 0.0524. The first-order chi connectivity index (χ1) is 11.5. The third-order valence-corrected chi connectivity index (χ3v) is 4.69. The first-order valence-electron chi connectivity index (χ1n) is 7.81. The van der Waals surface area contributed by atoms with Crippen molar-refractivity contribution in [1.82, 2.24) is 4.57 Å². The van der Waals surface area contributed by atoms with Crippen molar-refractivity contribution in [3.8, 4) is 5.75 Å². The maximum absolute atomic E-state index is 14.2. The van der Waals surface area contributed by atoms with Crippen LogP contribution in [0.4, 0.5) is 8.78 Å². The minimum absolute atomic E-state index is 0.0767. The number of halogens is 2. The summed E-state index contributed by atoms with van der Waals surface area (Å²) in [6.07, 6.45) is 3.17. The van der Waals surface area contributed by atoms with Gasteiger partial charge in [0.1, 0.15) is 5.56 Å². The molecule has 0 radical (unpaired) electrons. The molecule has 24 heavy (non-hydrogen) atoms.